The summed E-state index contributed by atoms with van der Waals surface area (Å²) in [6.45, 7) is 2.14. The van der Waals surface area contributed by atoms with Crippen LogP contribution in [0.2, 0.25) is 10.0 Å². The molecule has 0 saturated heterocycles. The monoisotopic (exact) mass is 559 g/mol. The van der Waals surface area contributed by atoms with Gasteiger partial charge in [0.05, 0.1) is 27.2 Å². The van der Waals surface area contributed by atoms with Gasteiger partial charge in [-0.05, 0) is 77.0 Å². The van der Waals surface area contributed by atoms with Crippen LogP contribution in [0, 0.1) is 0 Å². The zero-order valence-corrected chi connectivity index (χ0v) is 20.8. The summed E-state index contributed by atoms with van der Waals surface area (Å²) in [7, 11) is 0. The van der Waals surface area contributed by atoms with Gasteiger partial charge in [0.2, 0.25) is 5.90 Å². The fraction of sp³-hybridized carbons (Fsp3) is 0.0800. The fourth-order valence-electron chi connectivity index (χ4n) is 3.10. The van der Waals surface area contributed by atoms with E-state index in [0.29, 0.717) is 43.6 Å². The number of halogens is 3. The van der Waals surface area contributed by atoms with Gasteiger partial charge in [0.1, 0.15) is 0 Å². The molecule has 0 aromatic heterocycles. The molecule has 6 nitrogen and oxygen atoms in total. The van der Waals surface area contributed by atoms with Crippen molar-refractivity contribution < 1.29 is 23.8 Å². The molecule has 0 spiro atoms. The lowest BCUT2D eigenvalue weighted by Crippen LogP contribution is -2.10. The molecule has 0 aliphatic carbocycles. The summed E-state index contributed by atoms with van der Waals surface area (Å²) < 4.78 is 17.0. The Bertz CT molecular complexity index is 1340. The van der Waals surface area contributed by atoms with Crippen LogP contribution in [0.3, 0.4) is 0 Å². The Hall–Kier alpha value is -3.13. The van der Waals surface area contributed by atoms with Crippen molar-refractivity contribution in [2.45, 2.75) is 6.92 Å². The van der Waals surface area contributed by atoms with Crippen molar-refractivity contribution in [3.05, 3.63) is 97.6 Å². The van der Waals surface area contributed by atoms with Crippen molar-refractivity contribution in [3.8, 4) is 11.5 Å². The van der Waals surface area contributed by atoms with Crippen LogP contribution in [0.15, 0.2) is 75.8 Å². The van der Waals surface area contributed by atoms with Crippen molar-refractivity contribution in [2.75, 3.05) is 6.61 Å². The first-order valence-electron chi connectivity index (χ1n) is 10.1. The molecule has 0 saturated carbocycles. The number of carbonyl (C=O) groups is 2. The lowest BCUT2D eigenvalue weighted by molar-refractivity contribution is -0.129. The van der Waals surface area contributed by atoms with Crippen LogP contribution in [0.4, 0.5) is 0 Å². The molecule has 0 amide bonds. The van der Waals surface area contributed by atoms with E-state index in [-0.39, 0.29) is 17.3 Å². The summed E-state index contributed by atoms with van der Waals surface area (Å²) in [6, 6.07) is 16.7. The Kier molecular flexibility index (Phi) is 7.36. The van der Waals surface area contributed by atoms with E-state index < -0.39 is 11.9 Å². The molecule has 0 atom stereocenters. The molecule has 34 heavy (non-hydrogen) atoms. The molecule has 0 fully saturated rings. The van der Waals surface area contributed by atoms with Crippen LogP contribution in [0.5, 0.6) is 11.5 Å². The molecule has 3 aromatic rings. The van der Waals surface area contributed by atoms with Gasteiger partial charge < -0.3 is 14.2 Å². The zero-order chi connectivity index (χ0) is 24.2. The van der Waals surface area contributed by atoms with Crippen LogP contribution >= 0.6 is 39.1 Å². The number of rotatable bonds is 6. The second-order valence-corrected chi connectivity index (χ2v) is 8.68. The summed E-state index contributed by atoms with van der Waals surface area (Å²) in [6.07, 6.45) is 1.54. The number of cyclic esters (lactones) is 1. The summed E-state index contributed by atoms with van der Waals surface area (Å²) in [5, 5.41) is 0.766. The van der Waals surface area contributed by atoms with Crippen molar-refractivity contribution in [2.24, 2.45) is 4.99 Å². The number of esters is 2. The Labute approximate surface area is 213 Å². The van der Waals surface area contributed by atoms with Crippen molar-refractivity contribution in [1.29, 1.82) is 0 Å². The number of carbonyl (C=O) groups excluding carboxylic acids is 2. The summed E-state index contributed by atoms with van der Waals surface area (Å²) in [5.74, 6) is -0.528. The minimum absolute atomic E-state index is 0.0735. The predicted molar refractivity (Wildman–Crippen MR) is 134 cm³/mol. The number of aliphatic imine (C=N–C) groups is 1. The zero-order valence-electron chi connectivity index (χ0n) is 17.7. The maximum Gasteiger partial charge on any atom is 0.363 e. The van der Waals surface area contributed by atoms with E-state index in [1.54, 1.807) is 48.5 Å². The SMILES string of the molecule is CCOc1cc(/C=C2\N=C(c3ccc(Cl)cc3Cl)OC2=O)cc(Br)c1OC(=O)c1ccccc1. The Morgan fingerprint density at radius 1 is 1.12 bits per heavy atom. The highest BCUT2D eigenvalue weighted by Crippen LogP contribution is 2.38. The molecule has 1 aliphatic rings. The third-order valence-corrected chi connectivity index (χ3v) is 5.76. The van der Waals surface area contributed by atoms with Crippen molar-refractivity contribution in [3.63, 3.8) is 0 Å². The van der Waals surface area contributed by atoms with Gasteiger partial charge in [-0.25, -0.2) is 14.6 Å². The molecule has 172 valence electrons. The van der Waals surface area contributed by atoms with Crippen LogP contribution in [0.1, 0.15) is 28.4 Å². The molecule has 0 bridgehead atoms. The number of hydrogen-bond donors (Lipinski definition) is 0. The molecule has 4 rings (SSSR count). The molecule has 0 unspecified atom stereocenters. The molecule has 0 N–H and O–H groups in total. The van der Waals surface area contributed by atoms with Crippen LogP contribution in [-0.2, 0) is 9.53 Å². The highest BCUT2D eigenvalue weighted by atomic mass is 79.9. The standard InChI is InChI=1S/C25H16BrCl2NO5/c1-2-32-21-12-14(10-18(26)22(21)33-24(30)15-6-4-3-5-7-15)11-20-25(31)34-23(29-20)17-9-8-16(27)13-19(17)28/h3-13H,2H2,1H3/b20-11-. The van der Waals surface area contributed by atoms with Crippen molar-refractivity contribution >= 4 is 63.0 Å². The van der Waals surface area contributed by atoms with Crippen molar-refractivity contribution in [1.82, 2.24) is 0 Å². The topological polar surface area (TPSA) is 74.2 Å². The van der Waals surface area contributed by atoms with E-state index in [1.807, 2.05) is 13.0 Å². The number of benzene rings is 3. The summed E-state index contributed by atoms with van der Waals surface area (Å²) in [5.41, 5.74) is 1.50. The van der Waals surface area contributed by atoms with E-state index in [0.717, 1.165) is 0 Å². The number of hydrogen-bond acceptors (Lipinski definition) is 6. The third-order valence-electron chi connectivity index (χ3n) is 4.62. The number of nitrogens with zero attached hydrogens (tertiary/aromatic N) is 1. The smallest absolute Gasteiger partial charge is 0.363 e. The molecule has 0 radical (unpaired) electrons. The van der Waals surface area contributed by atoms with E-state index in [9.17, 15) is 9.59 Å². The Morgan fingerprint density at radius 2 is 1.88 bits per heavy atom. The Morgan fingerprint density at radius 3 is 2.59 bits per heavy atom. The second kappa shape index (κ2) is 10.4. The molecule has 3 aromatic carbocycles. The van der Waals surface area contributed by atoms with Crippen LogP contribution in [0.25, 0.3) is 6.08 Å². The average molecular weight is 561 g/mol. The van der Waals surface area contributed by atoms with Gasteiger partial charge in [-0.1, -0.05) is 41.4 Å². The first-order valence-corrected chi connectivity index (χ1v) is 11.6. The lowest BCUT2D eigenvalue weighted by Gasteiger charge is -2.13. The molecule has 9 heteroatoms. The summed E-state index contributed by atoms with van der Waals surface area (Å²) >= 11 is 15.6. The van der Waals surface area contributed by atoms with E-state index in [1.165, 1.54) is 12.1 Å². The normalized spacial score (nSPS) is 14.1. The molecular formula is C25H16BrCl2NO5. The van der Waals surface area contributed by atoms with Gasteiger partial charge in [-0.2, -0.15) is 0 Å². The van der Waals surface area contributed by atoms with Gasteiger partial charge in [0.25, 0.3) is 0 Å². The average Bonchev–Trinajstić information content (AvgIpc) is 3.16. The maximum atomic E-state index is 12.5. The van der Waals surface area contributed by atoms with E-state index in [4.69, 9.17) is 37.4 Å². The molecule has 1 aliphatic heterocycles. The number of ether oxygens (including phenoxy) is 3. The molecular weight excluding hydrogens is 545 g/mol. The van der Waals surface area contributed by atoms with Gasteiger partial charge in [0.15, 0.2) is 17.2 Å². The van der Waals surface area contributed by atoms with Gasteiger partial charge in [-0.15, -0.1) is 0 Å². The quantitative estimate of drug-likeness (QED) is 0.190. The van der Waals surface area contributed by atoms with Gasteiger partial charge in [-0.3, -0.25) is 0 Å². The highest BCUT2D eigenvalue weighted by Gasteiger charge is 2.26. The Balaban J connectivity index is 1.66. The highest BCUT2D eigenvalue weighted by molar-refractivity contribution is 9.10. The fourth-order valence-corrected chi connectivity index (χ4v) is 4.13. The first-order chi connectivity index (χ1) is 16.4. The van der Waals surface area contributed by atoms with Crippen LogP contribution in [-0.4, -0.2) is 24.4 Å². The van der Waals surface area contributed by atoms with Gasteiger partial charge >= 0.3 is 11.9 Å². The van der Waals surface area contributed by atoms with E-state index in [2.05, 4.69) is 20.9 Å². The first kappa shape index (κ1) is 24.0. The third kappa shape index (κ3) is 5.33. The van der Waals surface area contributed by atoms with Crippen LogP contribution < -0.4 is 9.47 Å². The minimum atomic E-state index is -0.630. The predicted octanol–water partition coefficient (Wildman–Crippen LogP) is 6.72. The minimum Gasteiger partial charge on any atom is -0.490 e. The summed E-state index contributed by atoms with van der Waals surface area (Å²) in [4.78, 5) is 29.2. The maximum absolute atomic E-state index is 12.5. The largest absolute Gasteiger partial charge is 0.490 e. The van der Waals surface area contributed by atoms with E-state index >= 15 is 0 Å². The van der Waals surface area contributed by atoms with Gasteiger partial charge in [0, 0.05) is 5.02 Å². The molecule has 1 heterocycles. The lowest BCUT2D eigenvalue weighted by atomic mass is 10.1. The second-order valence-electron chi connectivity index (χ2n) is 6.98.